The fraction of sp³-hybridized carbons (Fsp3) is 0.571. The fourth-order valence-corrected chi connectivity index (χ4v) is 2.44. The Morgan fingerprint density at radius 3 is 2.65 bits per heavy atom. The number of halogens is 1. The van der Waals surface area contributed by atoms with Gasteiger partial charge < -0.3 is 10.2 Å². The van der Waals surface area contributed by atoms with Crippen LogP contribution in [0.4, 0.5) is 5.82 Å². The Labute approximate surface area is 125 Å². The molecule has 2 heterocycles. The van der Waals surface area contributed by atoms with Gasteiger partial charge in [0.05, 0.1) is 5.02 Å². The van der Waals surface area contributed by atoms with Crippen LogP contribution in [-0.4, -0.2) is 60.6 Å². The second-order valence-corrected chi connectivity index (χ2v) is 5.25. The summed E-state index contributed by atoms with van der Waals surface area (Å²) in [5, 5.41) is 12.5. The van der Waals surface area contributed by atoms with Crippen molar-refractivity contribution in [3.63, 3.8) is 0 Å². The van der Waals surface area contributed by atoms with Crippen LogP contribution < -0.4 is 5.32 Å². The van der Waals surface area contributed by atoms with Crippen molar-refractivity contribution in [2.24, 2.45) is 0 Å². The minimum atomic E-state index is 0.272. The van der Waals surface area contributed by atoms with Gasteiger partial charge in [-0.25, -0.2) is 4.98 Å². The van der Waals surface area contributed by atoms with Crippen LogP contribution in [0.25, 0.3) is 0 Å². The molecule has 0 aliphatic carbocycles. The Kier molecular flexibility index (Phi) is 5.60. The Morgan fingerprint density at radius 2 is 2.00 bits per heavy atom. The molecule has 1 fully saturated rings. The third kappa shape index (κ3) is 4.07. The lowest BCUT2D eigenvalue weighted by atomic mass is 10.3. The molecule has 0 spiro atoms. The summed E-state index contributed by atoms with van der Waals surface area (Å²) in [6.45, 7) is 9.69. The zero-order valence-corrected chi connectivity index (χ0v) is 12.5. The normalized spacial score (nSPS) is 16.9. The van der Waals surface area contributed by atoms with Gasteiger partial charge in [-0.1, -0.05) is 18.5 Å². The molecule has 0 bridgehead atoms. The van der Waals surface area contributed by atoms with Crippen LogP contribution in [-0.2, 0) is 0 Å². The van der Waals surface area contributed by atoms with Crippen molar-refractivity contribution in [2.75, 3.05) is 51.1 Å². The highest BCUT2D eigenvalue weighted by atomic mass is 35.5. The smallest absolute Gasteiger partial charge is 0.161 e. The molecule has 1 aliphatic rings. The molecular formula is C14H20ClN5. The number of pyridine rings is 1. The van der Waals surface area contributed by atoms with E-state index in [2.05, 4.69) is 27.0 Å². The van der Waals surface area contributed by atoms with E-state index >= 15 is 0 Å². The fourth-order valence-electron chi connectivity index (χ4n) is 2.29. The van der Waals surface area contributed by atoms with Crippen molar-refractivity contribution >= 4 is 17.4 Å². The summed E-state index contributed by atoms with van der Waals surface area (Å²) in [4.78, 5) is 9.07. The number of aromatic nitrogens is 1. The van der Waals surface area contributed by atoms with E-state index in [4.69, 9.17) is 16.9 Å². The molecule has 1 aliphatic heterocycles. The third-order valence-electron chi connectivity index (χ3n) is 3.60. The maximum atomic E-state index is 8.88. The van der Waals surface area contributed by atoms with Crippen LogP contribution in [0.1, 0.15) is 12.6 Å². The average molecular weight is 294 g/mol. The SMILES string of the molecule is CCN1CCN(CCNc2ccc(Cl)c(C#N)n2)CC1. The van der Waals surface area contributed by atoms with Crippen molar-refractivity contribution in [2.45, 2.75) is 6.92 Å². The van der Waals surface area contributed by atoms with E-state index in [0.29, 0.717) is 10.8 Å². The zero-order valence-electron chi connectivity index (χ0n) is 11.8. The van der Waals surface area contributed by atoms with Gasteiger partial charge in [0.2, 0.25) is 0 Å². The third-order valence-corrected chi connectivity index (χ3v) is 3.90. The van der Waals surface area contributed by atoms with Crippen LogP contribution in [0.3, 0.4) is 0 Å². The molecular weight excluding hydrogens is 274 g/mol. The molecule has 0 radical (unpaired) electrons. The van der Waals surface area contributed by atoms with E-state index in [0.717, 1.165) is 45.8 Å². The van der Waals surface area contributed by atoms with Gasteiger partial charge in [-0.3, -0.25) is 4.90 Å². The van der Waals surface area contributed by atoms with Crippen molar-refractivity contribution < 1.29 is 0 Å². The molecule has 1 aromatic rings. The molecule has 5 nitrogen and oxygen atoms in total. The first-order valence-corrected chi connectivity index (χ1v) is 7.36. The number of likely N-dealkylation sites (N-methyl/N-ethyl adjacent to an activating group) is 1. The average Bonchev–Trinajstić information content (AvgIpc) is 2.49. The maximum Gasteiger partial charge on any atom is 0.161 e. The van der Waals surface area contributed by atoms with Gasteiger partial charge in [0, 0.05) is 39.3 Å². The monoisotopic (exact) mass is 293 g/mol. The Balaban J connectivity index is 1.75. The predicted octanol–water partition coefficient (Wildman–Crippen LogP) is 1.66. The highest BCUT2D eigenvalue weighted by Gasteiger charge is 2.14. The second kappa shape index (κ2) is 7.44. The number of nitriles is 1. The molecule has 1 saturated heterocycles. The number of hydrogen-bond donors (Lipinski definition) is 1. The number of nitrogens with zero attached hydrogens (tertiary/aromatic N) is 4. The van der Waals surface area contributed by atoms with Crippen LogP contribution in [0.5, 0.6) is 0 Å². The molecule has 1 N–H and O–H groups in total. The van der Waals surface area contributed by atoms with Crippen molar-refractivity contribution in [3.05, 3.63) is 22.8 Å². The van der Waals surface area contributed by atoms with Gasteiger partial charge in [-0.2, -0.15) is 5.26 Å². The molecule has 20 heavy (non-hydrogen) atoms. The first-order chi connectivity index (χ1) is 9.72. The van der Waals surface area contributed by atoms with Crippen LogP contribution in [0.15, 0.2) is 12.1 Å². The minimum Gasteiger partial charge on any atom is -0.369 e. The number of hydrogen-bond acceptors (Lipinski definition) is 5. The zero-order chi connectivity index (χ0) is 14.4. The Morgan fingerprint density at radius 1 is 1.30 bits per heavy atom. The van der Waals surface area contributed by atoms with E-state index in [1.165, 1.54) is 0 Å². The minimum absolute atomic E-state index is 0.272. The first-order valence-electron chi connectivity index (χ1n) is 6.98. The largest absolute Gasteiger partial charge is 0.369 e. The van der Waals surface area contributed by atoms with Crippen molar-refractivity contribution in [1.29, 1.82) is 5.26 Å². The topological polar surface area (TPSA) is 55.2 Å². The van der Waals surface area contributed by atoms with Crippen molar-refractivity contribution in [3.8, 4) is 6.07 Å². The van der Waals surface area contributed by atoms with Gasteiger partial charge in [0.1, 0.15) is 11.9 Å². The van der Waals surface area contributed by atoms with E-state index in [1.807, 2.05) is 6.07 Å². The van der Waals surface area contributed by atoms with Crippen LogP contribution >= 0.6 is 11.6 Å². The molecule has 0 atom stereocenters. The lowest BCUT2D eigenvalue weighted by Gasteiger charge is -2.33. The lowest BCUT2D eigenvalue weighted by Crippen LogP contribution is -2.47. The summed E-state index contributed by atoms with van der Waals surface area (Å²) in [5.74, 6) is 0.707. The number of nitrogens with one attached hydrogen (secondary N) is 1. The summed E-state index contributed by atoms with van der Waals surface area (Å²) >= 11 is 5.85. The van der Waals surface area contributed by atoms with E-state index < -0.39 is 0 Å². The number of piperazine rings is 1. The molecule has 0 unspecified atom stereocenters. The summed E-state index contributed by atoms with van der Waals surface area (Å²) in [6, 6.07) is 5.50. The molecule has 1 aromatic heterocycles. The molecule has 0 aromatic carbocycles. The van der Waals surface area contributed by atoms with E-state index in [9.17, 15) is 0 Å². The second-order valence-electron chi connectivity index (χ2n) is 4.84. The summed E-state index contributed by atoms with van der Waals surface area (Å²) < 4.78 is 0. The standard InChI is InChI=1S/C14H20ClN5/c1-2-19-7-9-20(10-8-19)6-5-17-14-4-3-12(15)13(11-16)18-14/h3-4H,2,5-10H2,1H3,(H,17,18). The van der Waals surface area contributed by atoms with Gasteiger partial charge in [0.25, 0.3) is 0 Å². The Bertz CT molecular complexity index is 477. The summed E-state index contributed by atoms with van der Waals surface area (Å²) in [6.07, 6.45) is 0. The number of rotatable bonds is 5. The van der Waals surface area contributed by atoms with E-state index in [1.54, 1.807) is 12.1 Å². The van der Waals surface area contributed by atoms with Crippen LogP contribution in [0, 0.1) is 11.3 Å². The molecule has 6 heteroatoms. The molecule has 0 saturated carbocycles. The van der Waals surface area contributed by atoms with Crippen molar-refractivity contribution in [1.82, 2.24) is 14.8 Å². The van der Waals surface area contributed by atoms with Gasteiger partial charge in [-0.15, -0.1) is 0 Å². The van der Waals surface area contributed by atoms with Gasteiger partial charge in [-0.05, 0) is 18.7 Å². The Hall–Kier alpha value is -1.35. The van der Waals surface area contributed by atoms with Crippen LogP contribution in [0.2, 0.25) is 5.02 Å². The molecule has 0 amide bonds. The summed E-state index contributed by atoms with van der Waals surface area (Å²) in [7, 11) is 0. The quantitative estimate of drug-likeness (QED) is 0.895. The predicted molar refractivity (Wildman–Crippen MR) is 81.0 cm³/mol. The van der Waals surface area contributed by atoms with Gasteiger partial charge in [0.15, 0.2) is 5.69 Å². The molecule has 108 valence electrons. The highest BCUT2D eigenvalue weighted by Crippen LogP contribution is 2.15. The highest BCUT2D eigenvalue weighted by molar-refractivity contribution is 6.31. The number of anilines is 1. The molecule has 2 rings (SSSR count). The van der Waals surface area contributed by atoms with E-state index in [-0.39, 0.29) is 5.69 Å². The summed E-state index contributed by atoms with van der Waals surface area (Å²) in [5.41, 5.74) is 0.272. The van der Waals surface area contributed by atoms with Gasteiger partial charge >= 0.3 is 0 Å². The lowest BCUT2D eigenvalue weighted by molar-refractivity contribution is 0.141. The first kappa shape index (κ1) is 15.0. The maximum absolute atomic E-state index is 8.88.